The van der Waals surface area contributed by atoms with Gasteiger partial charge in [-0.3, -0.25) is 0 Å². The van der Waals surface area contributed by atoms with Crippen molar-refractivity contribution in [2.45, 2.75) is 70.6 Å². The third-order valence-electron chi connectivity index (χ3n) is 3.36. The molecule has 0 aromatic rings. The van der Waals surface area contributed by atoms with Crippen molar-refractivity contribution in [1.29, 1.82) is 0 Å². The Kier molecular flexibility index (Phi) is 9.81. The summed E-state index contributed by atoms with van der Waals surface area (Å²) >= 11 is 0. The fourth-order valence-corrected chi connectivity index (χ4v) is 16.9. The van der Waals surface area contributed by atoms with Gasteiger partial charge in [0.2, 0.25) is 0 Å². The zero-order chi connectivity index (χ0) is 16.6. The normalized spacial score (nSPS) is 13.7. The van der Waals surface area contributed by atoms with Crippen LogP contribution in [-0.2, 0) is 13.0 Å². The lowest BCUT2D eigenvalue weighted by Gasteiger charge is -2.38. The van der Waals surface area contributed by atoms with E-state index in [-0.39, 0.29) is 6.61 Å². The van der Waals surface area contributed by atoms with Gasteiger partial charge in [-0.15, -0.1) is 0 Å². The van der Waals surface area contributed by atoms with E-state index in [4.69, 9.17) is 18.1 Å². The Morgan fingerprint density at radius 2 is 1.24 bits per heavy atom. The van der Waals surface area contributed by atoms with Gasteiger partial charge in [0.15, 0.2) is 16.6 Å². The predicted molar refractivity (Wildman–Crippen MR) is 97.0 cm³/mol. The highest BCUT2D eigenvalue weighted by Gasteiger charge is 2.39. The number of hydrogen-bond donors (Lipinski definition) is 1. The first kappa shape index (κ1) is 21.5. The summed E-state index contributed by atoms with van der Waals surface area (Å²) in [6.45, 7) is 14.5. The SMILES string of the molecule is COCCC[Si](C)(C)O[Si](C)(C)O[Si](C)(C)CCCCO. The second-order valence-electron chi connectivity index (χ2n) is 7.40. The Balaban J connectivity index is 4.38. The van der Waals surface area contributed by atoms with Crippen molar-refractivity contribution < 1.29 is 18.1 Å². The number of ether oxygens (including phenoxy) is 1. The average molecular weight is 353 g/mol. The molecule has 0 aliphatic carbocycles. The number of aliphatic hydroxyl groups excluding tert-OH is 1. The van der Waals surface area contributed by atoms with Crippen LogP contribution in [0.1, 0.15) is 19.3 Å². The molecule has 0 aliphatic rings. The molecule has 0 heterocycles. The molecule has 0 amide bonds. The molecule has 7 heteroatoms. The molecule has 0 rings (SSSR count). The zero-order valence-corrected chi connectivity index (χ0v) is 18.1. The molecule has 128 valence electrons. The van der Waals surface area contributed by atoms with Crippen molar-refractivity contribution in [1.82, 2.24) is 0 Å². The van der Waals surface area contributed by atoms with Crippen LogP contribution in [0.4, 0.5) is 0 Å². The maximum Gasteiger partial charge on any atom is 0.311 e. The smallest absolute Gasteiger partial charge is 0.311 e. The van der Waals surface area contributed by atoms with Crippen molar-refractivity contribution in [2.24, 2.45) is 0 Å². The van der Waals surface area contributed by atoms with Gasteiger partial charge in [0.25, 0.3) is 0 Å². The molecule has 0 aliphatic heterocycles. The van der Waals surface area contributed by atoms with Gasteiger partial charge >= 0.3 is 8.56 Å². The molecule has 0 spiro atoms. The first-order valence-electron chi connectivity index (χ1n) is 8.04. The lowest BCUT2D eigenvalue weighted by molar-refractivity contribution is 0.198. The molecule has 1 N–H and O–H groups in total. The largest absolute Gasteiger partial charge is 0.437 e. The van der Waals surface area contributed by atoms with Crippen LogP contribution in [0, 0.1) is 0 Å². The van der Waals surface area contributed by atoms with Crippen molar-refractivity contribution in [3.63, 3.8) is 0 Å². The van der Waals surface area contributed by atoms with Crippen LogP contribution in [0.5, 0.6) is 0 Å². The first-order valence-corrected chi connectivity index (χ1v) is 17.1. The van der Waals surface area contributed by atoms with Crippen LogP contribution in [-0.4, -0.2) is 50.6 Å². The number of rotatable bonds is 12. The minimum atomic E-state index is -2.07. The van der Waals surface area contributed by atoms with Crippen LogP contribution in [0.2, 0.25) is 51.4 Å². The second-order valence-corrected chi connectivity index (χ2v) is 19.9. The first-order chi connectivity index (χ1) is 9.54. The summed E-state index contributed by atoms with van der Waals surface area (Å²) in [6.07, 6.45) is 2.99. The van der Waals surface area contributed by atoms with Crippen molar-refractivity contribution in [2.75, 3.05) is 20.3 Å². The summed E-state index contributed by atoms with van der Waals surface area (Å²) in [7, 11) is -3.69. The fourth-order valence-electron chi connectivity index (χ4n) is 2.76. The van der Waals surface area contributed by atoms with E-state index < -0.39 is 25.2 Å². The number of aliphatic hydroxyl groups is 1. The van der Waals surface area contributed by atoms with Gasteiger partial charge < -0.3 is 18.1 Å². The minimum absolute atomic E-state index is 0.279. The highest BCUT2D eigenvalue weighted by molar-refractivity contribution is 6.87. The number of hydrogen-bond acceptors (Lipinski definition) is 4. The number of methoxy groups -OCH3 is 1. The third-order valence-corrected chi connectivity index (χ3v) is 14.8. The highest BCUT2D eigenvalue weighted by Crippen LogP contribution is 2.26. The summed E-state index contributed by atoms with van der Waals surface area (Å²) in [5.74, 6) is 0. The maximum atomic E-state index is 8.91. The molecule has 4 nitrogen and oxygen atoms in total. The van der Waals surface area contributed by atoms with E-state index >= 15 is 0 Å². The van der Waals surface area contributed by atoms with E-state index in [0.29, 0.717) is 0 Å². The van der Waals surface area contributed by atoms with Gasteiger partial charge in [-0.1, -0.05) is 6.42 Å². The Morgan fingerprint density at radius 1 is 0.762 bits per heavy atom. The molecule has 0 fully saturated rings. The highest BCUT2D eigenvalue weighted by atomic mass is 28.5. The molecule has 0 radical (unpaired) electrons. The van der Waals surface area contributed by atoms with E-state index in [2.05, 4.69) is 39.3 Å². The van der Waals surface area contributed by atoms with E-state index in [1.54, 1.807) is 7.11 Å². The fraction of sp³-hybridized carbons (Fsp3) is 1.00. The molecule has 0 unspecified atom stereocenters. The molecular formula is C14H36O4Si3. The molecule has 0 bridgehead atoms. The lowest BCUT2D eigenvalue weighted by Crippen LogP contribution is -2.52. The van der Waals surface area contributed by atoms with Gasteiger partial charge in [-0.25, -0.2) is 0 Å². The molecule has 0 aromatic carbocycles. The Labute approximate surface area is 134 Å². The van der Waals surface area contributed by atoms with Gasteiger partial charge in [0.1, 0.15) is 0 Å². The van der Waals surface area contributed by atoms with Gasteiger partial charge in [0, 0.05) is 20.3 Å². The predicted octanol–water partition coefficient (Wildman–Crippen LogP) is 3.94. The Bertz CT molecular complexity index is 257. The zero-order valence-electron chi connectivity index (χ0n) is 15.1. The Hall–Kier alpha value is 0.491. The molecule has 21 heavy (non-hydrogen) atoms. The Morgan fingerprint density at radius 3 is 1.67 bits per heavy atom. The topological polar surface area (TPSA) is 47.9 Å². The van der Waals surface area contributed by atoms with E-state index in [1.807, 2.05) is 0 Å². The van der Waals surface area contributed by atoms with Gasteiger partial charge in [-0.2, -0.15) is 0 Å². The van der Waals surface area contributed by atoms with Crippen LogP contribution < -0.4 is 0 Å². The van der Waals surface area contributed by atoms with Crippen LogP contribution in [0.25, 0.3) is 0 Å². The summed E-state index contributed by atoms with van der Waals surface area (Å²) in [6, 6.07) is 2.21. The lowest BCUT2D eigenvalue weighted by atomic mass is 10.4. The van der Waals surface area contributed by atoms with Crippen LogP contribution in [0.15, 0.2) is 0 Å². The monoisotopic (exact) mass is 352 g/mol. The molecule has 0 saturated carbocycles. The van der Waals surface area contributed by atoms with Crippen LogP contribution in [0.3, 0.4) is 0 Å². The molecule has 0 atom stereocenters. The van der Waals surface area contributed by atoms with E-state index in [0.717, 1.165) is 38.0 Å². The van der Waals surface area contributed by atoms with Crippen molar-refractivity contribution in [3.05, 3.63) is 0 Å². The average Bonchev–Trinajstić information content (AvgIpc) is 2.25. The molecule has 0 aromatic heterocycles. The van der Waals surface area contributed by atoms with Gasteiger partial charge in [-0.05, 0) is 64.2 Å². The summed E-state index contributed by atoms with van der Waals surface area (Å²) < 4.78 is 18.1. The van der Waals surface area contributed by atoms with Crippen molar-refractivity contribution in [3.8, 4) is 0 Å². The molecular weight excluding hydrogens is 316 g/mol. The minimum Gasteiger partial charge on any atom is -0.437 e. The summed E-state index contributed by atoms with van der Waals surface area (Å²) in [4.78, 5) is 0. The van der Waals surface area contributed by atoms with Crippen LogP contribution >= 0.6 is 0 Å². The summed E-state index contributed by atoms with van der Waals surface area (Å²) in [5.41, 5.74) is 0. The molecule has 0 saturated heterocycles. The van der Waals surface area contributed by atoms with Crippen molar-refractivity contribution >= 4 is 25.2 Å². The second kappa shape index (κ2) is 9.59. The quantitative estimate of drug-likeness (QED) is 0.427. The van der Waals surface area contributed by atoms with Gasteiger partial charge in [0.05, 0.1) is 0 Å². The maximum absolute atomic E-state index is 8.91. The van der Waals surface area contributed by atoms with E-state index in [9.17, 15) is 0 Å². The standard InChI is InChI=1S/C14H36O4Si3/c1-16-12-10-14-20(4,5)18-21(6,7)17-19(2,3)13-9-8-11-15/h15H,8-14H2,1-7H3. The summed E-state index contributed by atoms with van der Waals surface area (Å²) in [5, 5.41) is 8.91. The third kappa shape index (κ3) is 11.7. The number of unbranched alkanes of at least 4 members (excludes halogenated alkanes) is 1. The van der Waals surface area contributed by atoms with E-state index in [1.165, 1.54) is 0 Å².